The smallest absolute Gasteiger partial charge is 0.191 e. The third-order valence-electron chi connectivity index (χ3n) is 3.76. The van der Waals surface area contributed by atoms with Crippen LogP contribution in [0.25, 0.3) is 0 Å². The molecule has 1 saturated carbocycles. The number of aryl methyl sites for hydroxylation is 1. The molecule has 0 bridgehead atoms. The number of hydrogen-bond acceptors (Lipinski definition) is 3. The Morgan fingerprint density at radius 2 is 2.22 bits per heavy atom. The summed E-state index contributed by atoms with van der Waals surface area (Å²) in [4.78, 5) is 4.26. The van der Waals surface area contributed by atoms with Crippen molar-refractivity contribution in [2.24, 2.45) is 4.99 Å². The van der Waals surface area contributed by atoms with E-state index in [1.54, 1.807) is 13.3 Å². The fourth-order valence-corrected chi connectivity index (χ4v) is 2.28. The van der Waals surface area contributed by atoms with Crippen molar-refractivity contribution in [1.29, 1.82) is 0 Å². The van der Waals surface area contributed by atoms with Crippen molar-refractivity contribution in [3.05, 3.63) is 53.5 Å². The number of benzene rings is 1. The second-order valence-corrected chi connectivity index (χ2v) is 5.82. The molecule has 5 heteroatoms. The molecule has 1 aromatic carbocycles. The first-order valence-corrected chi connectivity index (χ1v) is 7.96. The lowest BCUT2D eigenvalue weighted by atomic mass is 10.1. The van der Waals surface area contributed by atoms with Crippen molar-refractivity contribution in [2.45, 2.75) is 39.0 Å². The SMILES string of the molecule is CN=C(NCc1ccc(C)cc1OCc1ccco1)NC1CC1. The van der Waals surface area contributed by atoms with Gasteiger partial charge in [0.2, 0.25) is 0 Å². The van der Waals surface area contributed by atoms with E-state index >= 15 is 0 Å². The second kappa shape index (κ2) is 7.22. The summed E-state index contributed by atoms with van der Waals surface area (Å²) in [6, 6.07) is 10.6. The molecule has 3 rings (SSSR count). The Morgan fingerprint density at radius 1 is 1.35 bits per heavy atom. The van der Waals surface area contributed by atoms with Gasteiger partial charge in [0.05, 0.1) is 6.26 Å². The van der Waals surface area contributed by atoms with Crippen molar-refractivity contribution in [3.63, 3.8) is 0 Å². The average molecular weight is 313 g/mol. The van der Waals surface area contributed by atoms with Crippen molar-refractivity contribution in [3.8, 4) is 5.75 Å². The van der Waals surface area contributed by atoms with E-state index in [0.29, 0.717) is 19.2 Å². The zero-order valence-electron chi connectivity index (χ0n) is 13.6. The standard InChI is InChI=1S/C18H23N3O2/c1-13-5-6-14(11-20-18(19-2)21-15-7-8-15)17(10-13)23-12-16-4-3-9-22-16/h3-6,9-10,15H,7-8,11-12H2,1-2H3,(H2,19,20,21). The number of guanidine groups is 1. The predicted molar refractivity (Wildman–Crippen MR) is 90.6 cm³/mol. The minimum Gasteiger partial charge on any atom is -0.485 e. The first-order valence-electron chi connectivity index (χ1n) is 7.96. The monoisotopic (exact) mass is 313 g/mol. The van der Waals surface area contributed by atoms with Gasteiger partial charge in [-0.05, 0) is 43.5 Å². The highest BCUT2D eigenvalue weighted by Gasteiger charge is 2.22. The molecule has 0 radical (unpaired) electrons. The Bertz CT molecular complexity index is 661. The van der Waals surface area contributed by atoms with Gasteiger partial charge in [-0.2, -0.15) is 0 Å². The molecule has 0 atom stereocenters. The number of rotatable bonds is 6. The van der Waals surface area contributed by atoms with E-state index in [4.69, 9.17) is 9.15 Å². The van der Waals surface area contributed by atoms with E-state index in [9.17, 15) is 0 Å². The summed E-state index contributed by atoms with van der Waals surface area (Å²) in [7, 11) is 1.79. The molecule has 23 heavy (non-hydrogen) atoms. The maximum atomic E-state index is 5.93. The molecule has 1 aliphatic rings. The van der Waals surface area contributed by atoms with Gasteiger partial charge in [-0.3, -0.25) is 4.99 Å². The minimum absolute atomic E-state index is 0.429. The third kappa shape index (κ3) is 4.52. The van der Waals surface area contributed by atoms with Crippen LogP contribution in [0.4, 0.5) is 0 Å². The average Bonchev–Trinajstić information content (AvgIpc) is 3.22. The van der Waals surface area contributed by atoms with E-state index in [0.717, 1.165) is 23.0 Å². The lowest BCUT2D eigenvalue weighted by Gasteiger charge is -2.15. The van der Waals surface area contributed by atoms with E-state index in [-0.39, 0.29) is 0 Å². The molecule has 122 valence electrons. The van der Waals surface area contributed by atoms with Crippen LogP contribution < -0.4 is 15.4 Å². The number of furan rings is 1. The van der Waals surface area contributed by atoms with Gasteiger partial charge < -0.3 is 19.8 Å². The molecule has 1 heterocycles. The molecule has 2 aromatic rings. The largest absolute Gasteiger partial charge is 0.485 e. The number of nitrogens with zero attached hydrogens (tertiary/aromatic N) is 1. The van der Waals surface area contributed by atoms with Gasteiger partial charge in [-0.25, -0.2) is 0 Å². The van der Waals surface area contributed by atoms with Crippen LogP contribution in [0, 0.1) is 6.92 Å². The van der Waals surface area contributed by atoms with Gasteiger partial charge in [-0.1, -0.05) is 12.1 Å². The molecule has 1 aromatic heterocycles. The summed E-state index contributed by atoms with van der Waals surface area (Å²) in [6.45, 7) is 3.16. The predicted octanol–water partition coefficient (Wildman–Crippen LogP) is 2.99. The van der Waals surface area contributed by atoms with E-state index in [1.165, 1.54) is 18.4 Å². The first kappa shape index (κ1) is 15.5. The maximum absolute atomic E-state index is 5.93. The van der Waals surface area contributed by atoms with Crippen molar-refractivity contribution in [1.82, 2.24) is 10.6 Å². The molecule has 2 N–H and O–H groups in total. The van der Waals surface area contributed by atoms with Crippen LogP contribution in [-0.4, -0.2) is 19.0 Å². The highest BCUT2D eigenvalue weighted by molar-refractivity contribution is 5.80. The summed E-state index contributed by atoms with van der Waals surface area (Å²) in [5.41, 5.74) is 2.27. The number of ether oxygens (including phenoxy) is 1. The number of hydrogen-bond donors (Lipinski definition) is 2. The Morgan fingerprint density at radius 3 is 2.91 bits per heavy atom. The van der Waals surface area contributed by atoms with Crippen molar-refractivity contribution < 1.29 is 9.15 Å². The summed E-state index contributed by atoms with van der Waals surface area (Å²) >= 11 is 0. The lowest BCUT2D eigenvalue weighted by Crippen LogP contribution is -2.38. The highest BCUT2D eigenvalue weighted by Crippen LogP contribution is 2.22. The van der Waals surface area contributed by atoms with Crippen molar-refractivity contribution in [2.75, 3.05) is 7.05 Å². The van der Waals surface area contributed by atoms with Crippen LogP contribution >= 0.6 is 0 Å². The molecule has 1 aliphatic carbocycles. The van der Waals surface area contributed by atoms with Gasteiger partial charge in [0.15, 0.2) is 5.96 Å². The van der Waals surface area contributed by atoms with Crippen LogP contribution in [0.3, 0.4) is 0 Å². The third-order valence-corrected chi connectivity index (χ3v) is 3.76. The Hall–Kier alpha value is -2.43. The summed E-state index contributed by atoms with van der Waals surface area (Å²) in [6.07, 6.45) is 4.11. The molecule has 0 amide bonds. The quantitative estimate of drug-likeness (QED) is 0.636. The Labute approximate surface area is 136 Å². The molecule has 0 unspecified atom stereocenters. The van der Waals surface area contributed by atoms with Crippen LogP contribution in [-0.2, 0) is 13.2 Å². The second-order valence-electron chi connectivity index (χ2n) is 5.82. The van der Waals surface area contributed by atoms with Gasteiger partial charge in [0.25, 0.3) is 0 Å². The molecular formula is C18H23N3O2. The molecular weight excluding hydrogens is 290 g/mol. The first-order chi connectivity index (χ1) is 11.2. The van der Waals surface area contributed by atoms with Gasteiger partial charge in [-0.15, -0.1) is 0 Å². The van der Waals surface area contributed by atoms with Gasteiger partial charge in [0, 0.05) is 25.2 Å². The number of nitrogens with one attached hydrogen (secondary N) is 2. The van der Waals surface area contributed by atoms with E-state index in [1.807, 2.05) is 12.1 Å². The van der Waals surface area contributed by atoms with Crippen molar-refractivity contribution >= 4 is 5.96 Å². The normalized spacial score (nSPS) is 14.6. The van der Waals surface area contributed by atoms with Gasteiger partial charge in [0.1, 0.15) is 18.1 Å². The van der Waals surface area contributed by atoms with Crippen LogP contribution in [0.5, 0.6) is 5.75 Å². The molecule has 1 fully saturated rings. The lowest BCUT2D eigenvalue weighted by molar-refractivity contribution is 0.267. The fraction of sp³-hybridized carbons (Fsp3) is 0.389. The Kier molecular flexibility index (Phi) is 4.86. The van der Waals surface area contributed by atoms with Crippen LogP contribution in [0.2, 0.25) is 0 Å². The molecule has 0 spiro atoms. The van der Waals surface area contributed by atoms with E-state index in [2.05, 4.69) is 40.7 Å². The summed E-state index contributed by atoms with van der Waals surface area (Å²) < 4.78 is 11.2. The van der Waals surface area contributed by atoms with E-state index < -0.39 is 0 Å². The highest BCUT2D eigenvalue weighted by atomic mass is 16.5. The zero-order valence-corrected chi connectivity index (χ0v) is 13.6. The summed E-state index contributed by atoms with van der Waals surface area (Å²) in [5.74, 6) is 2.53. The topological polar surface area (TPSA) is 58.8 Å². The van der Waals surface area contributed by atoms with Crippen LogP contribution in [0.15, 0.2) is 46.0 Å². The maximum Gasteiger partial charge on any atom is 0.191 e. The zero-order chi connectivity index (χ0) is 16.1. The Balaban J connectivity index is 1.63. The minimum atomic E-state index is 0.429. The fourth-order valence-electron chi connectivity index (χ4n) is 2.28. The van der Waals surface area contributed by atoms with Crippen LogP contribution in [0.1, 0.15) is 29.7 Å². The molecule has 0 saturated heterocycles. The van der Waals surface area contributed by atoms with Gasteiger partial charge >= 0.3 is 0 Å². The number of aliphatic imine (C=N–C) groups is 1. The molecule has 5 nitrogen and oxygen atoms in total. The molecule has 0 aliphatic heterocycles. The summed E-state index contributed by atoms with van der Waals surface area (Å²) in [5, 5.41) is 6.72.